The minimum atomic E-state index is -0.275. The van der Waals surface area contributed by atoms with Gasteiger partial charge in [-0.2, -0.15) is 0 Å². The molecule has 2 aromatic heterocycles. The van der Waals surface area contributed by atoms with Crippen molar-refractivity contribution in [2.45, 2.75) is 0 Å². The number of fused-ring (bicyclic) bond motifs is 1. The first-order valence-corrected chi connectivity index (χ1v) is 9.68. The number of para-hydroxylation sites is 1. The molecule has 2 heterocycles. The van der Waals surface area contributed by atoms with Crippen LogP contribution in [0.25, 0.3) is 11.2 Å². The van der Waals surface area contributed by atoms with Crippen molar-refractivity contribution < 1.29 is 4.79 Å². The lowest BCUT2D eigenvalue weighted by Gasteiger charge is -2.06. The molecule has 0 atom stereocenters. The maximum atomic E-state index is 12.5. The average Bonchev–Trinajstić information content (AvgIpc) is 3.08. The first-order chi connectivity index (χ1) is 13.5. The second-order valence-electron chi connectivity index (χ2n) is 5.86. The molecule has 0 fully saturated rings. The highest BCUT2D eigenvalue weighted by Gasteiger charge is 2.12. The Kier molecular flexibility index (Phi) is 5.21. The number of hydrogen-bond donors (Lipinski definition) is 3. The van der Waals surface area contributed by atoms with Gasteiger partial charge < -0.3 is 15.6 Å². The smallest absolute Gasteiger partial charge is 0.257 e. The van der Waals surface area contributed by atoms with Gasteiger partial charge in [-0.1, -0.05) is 45.2 Å². The highest BCUT2D eigenvalue weighted by atomic mass is 79.9. The van der Waals surface area contributed by atoms with Gasteiger partial charge in [0.2, 0.25) is 5.95 Å². The molecule has 9 heteroatoms. The number of benzene rings is 2. The molecule has 1 amide bonds. The first kappa shape index (κ1) is 18.7. The number of amides is 1. The topological polar surface area (TPSA) is 82.7 Å². The van der Waals surface area contributed by atoms with E-state index in [4.69, 9.17) is 23.2 Å². The molecule has 28 heavy (non-hydrogen) atoms. The normalized spacial score (nSPS) is 10.8. The summed E-state index contributed by atoms with van der Waals surface area (Å²) in [6.07, 6.45) is 1.49. The molecule has 4 aromatic rings. The quantitative estimate of drug-likeness (QED) is 0.336. The van der Waals surface area contributed by atoms with Crippen molar-refractivity contribution in [3.63, 3.8) is 0 Å². The highest BCUT2D eigenvalue weighted by Crippen LogP contribution is 2.32. The molecule has 0 spiro atoms. The Morgan fingerprint density at radius 1 is 1.07 bits per heavy atom. The summed E-state index contributed by atoms with van der Waals surface area (Å²) in [6.45, 7) is 0. The van der Waals surface area contributed by atoms with Crippen LogP contribution in [0.5, 0.6) is 0 Å². The van der Waals surface area contributed by atoms with E-state index >= 15 is 0 Å². The summed E-state index contributed by atoms with van der Waals surface area (Å²) >= 11 is 15.7. The van der Waals surface area contributed by atoms with Crippen LogP contribution in [-0.4, -0.2) is 20.9 Å². The molecule has 0 bridgehead atoms. The minimum Gasteiger partial charge on any atom is -0.323 e. The zero-order valence-electron chi connectivity index (χ0n) is 14.1. The number of carbonyl (C=O) groups excluding carboxylic acids is 1. The van der Waals surface area contributed by atoms with Gasteiger partial charge in [0, 0.05) is 16.4 Å². The Balaban J connectivity index is 1.57. The zero-order valence-corrected chi connectivity index (χ0v) is 17.2. The lowest BCUT2D eigenvalue weighted by atomic mass is 10.2. The van der Waals surface area contributed by atoms with Crippen molar-refractivity contribution in [2.75, 3.05) is 10.6 Å². The summed E-state index contributed by atoms with van der Waals surface area (Å²) in [5.74, 6) is 0.145. The van der Waals surface area contributed by atoms with E-state index in [1.165, 1.54) is 6.20 Å². The summed E-state index contributed by atoms with van der Waals surface area (Å²) in [6, 6.07) is 14.2. The summed E-state index contributed by atoms with van der Waals surface area (Å²) in [4.78, 5) is 24.2. The fraction of sp³-hybridized carbons (Fsp3) is 0. The summed E-state index contributed by atoms with van der Waals surface area (Å²) < 4.78 is 0.934. The van der Waals surface area contributed by atoms with Gasteiger partial charge in [0.15, 0.2) is 5.65 Å². The van der Waals surface area contributed by atoms with Gasteiger partial charge in [-0.15, -0.1) is 0 Å². The number of aromatic amines is 1. The van der Waals surface area contributed by atoms with Crippen LogP contribution in [0.4, 0.5) is 17.3 Å². The van der Waals surface area contributed by atoms with Crippen LogP contribution in [0.2, 0.25) is 10.0 Å². The maximum Gasteiger partial charge on any atom is 0.257 e. The molecule has 2 aromatic carbocycles. The number of nitrogens with one attached hydrogen (secondary N) is 3. The Morgan fingerprint density at radius 3 is 2.50 bits per heavy atom. The van der Waals surface area contributed by atoms with Crippen molar-refractivity contribution >= 4 is 73.5 Å². The van der Waals surface area contributed by atoms with Crippen LogP contribution in [-0.2, 0) is 0 Å². The Hall–Kier alpha value is -2.61. The predicted octanol–water partition coefficient (Wildman–Crippen LogP) is 6.02. The number of H-pyrrole nitrogens is 1. The van der Waals surface area contributed by atoms with Crippen LogP contribution >= 0.6 is 39.1 Å². The van der Waals surface area contributed by atoms with Crippen LogP contribution in [0, 0.1) is 0 Å². The fourth-order valence-corrected chi connectivity index (χ4v) is 3.31. The zero-order chi connectivity index (χ0) is 19.7. The molecule has 0 unspecified atom stereocenters. The predicted molar refractivity (Wildman–Crippen MR) is 116 cm³/mol. The Bertz CT molecular complexity index is 1160. The second-order valence-corrected chi connectivity index (χ2v) is 7.59. The van der Waals surface area contributed by atoms with Gasteiger partial charge in [0.05, 0.1) is 21.3 Å². The number of hydrogen-bond acceptors (Lipinski definition) is 4. The molecular weight excluding hydrogens is 465 g/mol. The van der Waals surface area contributed by atoms with Crippen molar-refractivity contribution in [3.8, 4) is 0 Å². The summed E-state index contributed by atoms with van der Waals surface area (Å²) in [7, 11) is 0. The lowest BCUT2D eigenvalue weighted by Crippen LogP contribution is -2.12. The Labute approximate surface area is 178 Å². The molecule has 6 nitrogen and oxygen atoms in total. The third-order valence-electron chi connectivity index (χ3n) is 3.91. The van der Waals surface area contributed by atoms with E-state index in [-0.39, 0.29) is 5.91 Å². The van der Waals surface area contributed by atoms with E-state index in [9.17, 15) is 4.79 Å². The number of imidazole rings is 1. The van der Waals surface area contributed by atoms with Gasteiger partial charge in [-0.05, 0) is 42.5 Å². The third-order valence-corrected chi connectivity index (χ3v) is 5.07. The average molecular weight is 477 g/mol. The SMILES string of the molecule is O=C(Nc1ccc(Br)cc1)c1cnc2[nH]c(Nc3c(Cl)cccc3Cl)nc2c1. The second kappa shape index (κ2) is 7.79. The van der Waals surface area contributed by atoms with Gasteiger partial charge in [-0.25, -0.2) is 9.97 Å². The van der Waals surface area contributed by atoms with Gasteiger partial charge in [0.1, 0.15) is 5.52 Å². The standard InChI is InChI=1S/C19H12BrCl2N5O/c20-11-4-6-12(7-5-11)24-18(28)10-8-15-17(23-9-10)27-19(25-15)26-16-13(21)2-1-3-14(16)22/h1-9H,(H,24,28)(H2,23,25,26,27). The molecule has 0 saturated heterocycles. The van der Waals surface area contributed by atoms with Crippen molar-refractivity contribution in [1.82, 2.24) is 15.0 Å². The van der Waals surface area contributed by atoms with E-state index in [2.05, 4.69) is 41.5 Å². The fourth-order valence-electron chi connectivity index (χ4n) is 2.55. The number of rotatable bonds is 4. The molecule has 0 aliphatic rings. The minimum absolute atomic E-state index is 0.275. The molecule has 4 rings (SSSR count). The molecule has 3 N–H and O–H groups in total. The number of aromatic nitrogens is 3. The van der Waals surface area contributed by atoms with Crippen molar-refractivity contribution in [1.29, 1.82) is 0 Å². The maximum absolute atomic E-state index is 12.5. The molecule has 0 aliphatic carbocycles. The van der Waals surface area contributed by atoms with E-state index in [0.29, 0.717) is 44.1 Å². The van der Waals surface area contributed by atoms with Crippen molar-refractivity contribution in [2.24, 2.45) is 0 Å². The summed E-state index contributed by atoms with van der Waals surface area (Å²) in [5.41, 5.74) is 2.69. The van der Waals surface area contributed by atoms with Gasteiger partial charge >= 0.3 is 0 Å². The number of anilines is 3. The Morgan fingerprint density at radius 2 is 1.79 bits per heavy atom. The van der Waals surface area contributed by atoms with Gasteiger partial charge in [0.25, 0.3) is 5.91 Å². The largest absolute Gasteiger partial charge is 0.323 e. The molecule has 140 valence electrons. The lowest BCUT2D eigenvalue weighted by molar-refractivity contribution is 0.102. The molecule has 0 saturated carbocycles. The van der Waals surface area contributed by atoms with Crippen LogP contribution < -0.4 is 10.6 Å². The highest BCUT2D eigenvalue weighted by molar-refractivity contribution is 9.10. The van der Waals surface area contributed by atoms with Crippen LogP contribution in [0.3, 0.4) is 0 Å². The number of halogens is 3. The summed E-state index contributed by atoms with van der Waals surface area (Å²) in [5, 5.41) is 6.81. The van der Waals surface area contributed by atoms with Crippen LogP contribution in [0.15, 0.2) is 59.2 Å². The molecule has 0 radical (unpaired) electrons. The first-order valence-electron chi connectivity index (χ1n) is 8.13. The van der Waals surface area contributed by atoms with Gasteiger partial charge in [-0.3, -0.25) is 4.79 Å². The van der Waals surface area contributed by atoms with Crippen LogP contribution in [0.1, 0.15) is 10.4 Å². The number of nitrogens with zero attached hydrogens (tertiary/aromatic N) is 2. The third kappa shape index (κ3) is 3.96. The monoisotopic (exact) mass is 475 g/mol. The number of carbonyl (C=O) groups is 1. The van der Waals surface area contributed by atoms with E-state index in [0.717, 1.165) is 4.47 Å². The number of pyridine rings is 1. The van der Waals surface area contributed by atoms with E-state index in [1.807, 2.05) is 12.1 Å². The molecule has 0 aliphatic heterocycles. The van der Waals surface area contributed by atoms with Crippen molar-refractivity contribution in [3.05, 3.63) is 74.8 Å². The molecular formula is C19H12BrCl2N5O. The van der Waals surface area contributed by atoms with E-state index < -0.39 is 0 Å². The van der Waals surface area contributed by atoms with E-state index in [1.54, 1.807) is 36.4 Å².